The van der Waals surface area contributed by atoms with Gasteiger partial charge in [0.05, 0.1) is 10.9 Å². The van der Waals surface area contributed by atoms with Crippen LogP contribution < -0.4 is 5.43 Å². The second-order valence-electron chi connectivity index (χ2n) is 4.31. The predicted octanol–water partition coefficient (Wildman–Crippen LogP) is 4.05. The fourth-order valence-electron chi connectivity index (χ4n) is 1.79. The molecule has 0 amide bonds. The molecular weight excluding hydrogens is 254 g/mol. The van der Waals surface area contributed by atoms with Gasteiger partial charge in [0.25, 0.3) is 0 Å². The fraction of sp³-hybridized carbons (Fsp3) is 0.0667. The molecule has 0 atom stereocenters. The second-order valence-corrected chi connectivity index (χ2v) is 5.11. The maximum atomic E-state index is 4.36. The van der Waals surface area contributed by atoms with Gasteiger partial charge in [-0.25, -0.2) is 0 Å². The zero-order chi connectivity index (χ0) is 13.1. The second kappa shape index (κ2) is 5.20. The van der Waals surface area contributed by atoms with Crippen LogP contribution in [0.15, 0.2) is 53.6 Å². The number of aromatic nitrogens is 1. The molecule has 3 rings (SSSR count). The average molecular weight is 267 g/mol. The van der Waals surface area contributed by atoms with Gasteiger partial charge >= 0.3 is 0 Å². The van der Waals surface area contributed by atoms with E-state index in [4.69, 9.17) is 0 Å². The van der Waals surface area contributed by atoms with Crippen molar-refractivity contribution in [2.75, 3.05) is 5.43 Å². The molecule has 2 aromatic carbocycles. The predicted molar refractivity (Wildman–Crippen MR) is 82.0 cm³/mol. The van der Waals surface area contributed by atoms with Crippen molar-refractivity contribution in [3.05, 3.63) is 59.7 Å². The van der Waals surface area contributed by atoms with Gasteiger partial charge in [0.2, 0.25) is 0 Å². The Hall–Kier alpha value is -2.20. The normalized spacial score (nSPS) is 11.2. The van der Waals surface area contributed by atoms with Gasteiger partial charge in [0.1, 0.15) is 0 Å². The average Bonchev–Trinajstić information content (AvgIpc) is 2.85. The molecule has 0 saturated heterocycles. The first-order valence-corrected chi connectivity index (χ1v) is 6.80. The number of hydrazone groups is 1. The molecule has 94 valence electrons. The van der Waals surface area contributed by atoms with E-state index in [1.807, 2.05) is 30.3 Å². The first-order chi connectivity index (χ1) is 9.33. The maximum Gasteiger partial charge on any atom is 0.167 e. The molecule has 0 aliphatic rings. The number of hydrogen-bond acceptors (Lipinski definition) is 4. The Bertz CT molecular complexity index is 714. The summed E-state index contributed by atoms with van der Waals surface area (Å²) >= 11 is 1.48. The van der Waals surface area contributed by atoms with Crippen LogP contribution in [0.25, 0.3) is 10.1 Å². The number of nitrogens with zero attached hydrogens (tertiary/aromatic N) is 2. The molecule has 1 aromatic heterocycles. The van der Waals surface area contributed by atoms with Crippen molar-refractivity contribution in [3.63, 3.8) is 0 Å². The van der Waals surface area contributed by atoms with Crippen LogP contribution in [0, 0.1) is 6.92 Å². The van der Waals surface area contributed by atoms with Gasteiger partial charge in [-0.15, -0.1) is 0 Å². The van der Waals surface area contributed by atoms with Gasteiger partial charge < -0.3 is 0 Å². The Morgan fingerprint density at radius 3 is 2.74 bits per heavy atom. The Balaban J connectivity index is 1.77. The van der Waals surface area contributed by atoms with E-state index >= 15 is 0 Å². The highest BCUT2D eigenvalue weighted by atomic mass is 32.1. The van der Waals surface area contributed by atoms with E-state index in [-0.39, 0.29) is 0 Å². The van der Waals surface area contributed by atoms with Crippen LogP contribution in [0.4, 0.5) is 5.82 Å². The van der Waals surface area contributed by atoms with Crippen molar-refractivity contribution in [2.24, 2.45) is 5.10 Å². The molecule has 0 saturated carbocycles. The van der Waals surface area contributed by atoms with Gasteiger partial charge in [-0.2, -0.15) is 9.47 Å². The molecule has 0 fully saturated rings. The summed E-state index contributed by atoms with van der Waals surface area (Å²) in [7, 11) is 0. The van der Waals surface area contributed by atoms with E-state index in [9.17, 15) is 0 Å². The molecule has 0 bridgehead atoms. The molecule has 0 aliphatic heterocycles. The largest absolute Gasteiger partial charge is 0.260 e. The zero-order valence-electron chi connectivity index (χ0n) is 10.5. The summed E-state index contributed by atoms with van der Waals surface area (Å²) in [6.07, 6.45) is 1.80. The minimum absolute atomic E-state index is 0.809. The van der Waals surface area contributed by atoms with Crippen LogP contribution in [-0.2, 0) is 0 Å². The molecule has 1 heterocycles. The third kappa shape index (κ3) is 2.63. The van der Waals surface area contributed by atoms with Crippen molar-refractivity contribution in [1.82, 2.24) is 4.37 Å². The number of hydrogen-bond donors (Lipinski definition) is 1. The topological polar surface area (TPSA) is 37.3 Å². The molecule has 4 heteroatoms. The number of aryl methyl sites for hydroxylation is 1. The van der Waals surface area contributed by atoms with Crippen molar-refractivity contribution >= 4 is 33.7 Å². The molecule has 3 nitrogen and oxygen atoms in total. The molecule has 0 aliphatic carbocycles. The highest BCUT2D eigenvalue weighted by Crippen LogP contribution is 2.25. The molecule has 0 spiro atoms. The number of fused-ring (bicyclic) bond motifs is 1. The lowest BCUT2D eigenvalue weighted by Gasteiger charge is -1.97. The highest BCUT2D eigenvalue weighted by Gasteiger charge is 2.02. The van der Waals surface area contributed by atoms with Gasteiger partial charge in [-0.3, -0.25) is 5.43 Å². The number of rotatable bonds is 3. The summed E-state index contributed by atoms with van der Waals surface area (Å²) in [5.74, 6) is 0.809. The van der Waals surface area contributed by atoms with Gasteiger partial charge in [0, 0.05) is 5.39 Å². The maximum absolute atomic E-state index is 4.36. The molecule has 3 aromatic rings. The molecule has 19 heavy (non-hydrogen) atoms. The van der Waals surface area contributed by atoms with E-state index < -0.39 is 0 Å². The summed E-state index contributed by atoms with van der Waals surface area (Å²) in [5.41, 5.74) is 5.31. The third-order valence-electron chi connectivity index (χ3n) is 2.84. The van der Waals surface area contributed by atoms with Crippen LogP contribution in [0.5, 0.6) is 0 Å². The van der Waals surface area contributed by atoms with Crippen molar-refractivity contribution in [2.45, 2.75) is 6.92 Å². The number of nitrogens with one attached hydrogen (secondary N) is 1. The van der Waals surface area contributed by atoms with Gasteiger partial charge in [-0.1, -0.05) is 42.0 Å². The lowest BCUT2D eigenvalue weighted by molar-refractivity contribution is 1.32. The van der Waals surface area contributed by atoms with Crippen molar-refractivity contribution in [1.29, 1.82) is 0 Å². The monoisotopic (exact) mass is 267 g/mol. The van der Waals surface area contributed by atoms with E-state index in [0.29, 0.717) is 0 Å². The quantitative estimate of drug-likeness (QED) is 0.574. The lowest BCUT2D eigenvalue weighted by Crippen LogP contribution is -1.91. The van der Waals surface area contributed by atoms with Crippen LogP contribution in [0.2, 0.25) is 0 Å². The summed E-state index contributed by atoms with van der Waals surface area (Å²) in [4.78, 5) is 0. The van der Waals surface area contributed by atoms with E-state index in [2.05, 4.69) is 40.0 Å². The van der Waals surface area contributed by atoms with Gasteiger partial charge in [-0.05, 0) is 36.2 Å². The lowest BCUT2D eigenvalue weighted by atomic mass is 10.2. The first-order valence-electron chi connectivity index (χ1n) is 6.03. The zero-order valence-corrected chi connectivity index (χ0v) is 11.3. The summed E-state index contributed by atoms with van der Waals surface area (Å²) in [6, 6.07) is 16.3. The van der Waals surface area contributed by atoms with E-state index in [1.54, 1.807) is 6.21 Å². The number of benzene rings is 2. The van der Waals surface area contributed by atoms with Crippen LogP contribution in [0.3, 0.4) is 0 Å². The summed E-state index contributed by atoms with van der Waals surface area (Å²) in [5, 5.41) is 5.34. The Labute approximate surface area is 115 Å². The van der Waals surface area contributed by atoms with E-state index in [0.717, 1.165) is 21.5 Å². The molecular formula is C15H13N3S. The number of anilines is 1. The SMILES string of the molecule is Cc1ccc(C=NNc2nsc3ccccc23)cc1. The standard InChI is InChI=1S/C15H13N3S/c1-11-6-8-12(9-7-11)10-16-17-15-13-4-2-3-5-14(13)19-18-15/h2-10H,1H3,(H,17,18). The molecule has 1 N–H and O–H groups in total. The van der Waals surface area contributed by atoms with Crippen LogP contribution in [-0.4, -0.2) is 10.6 Å². The summed E-state index contributed by atoms with van der Waals surface area (Å²) < 4.78 is 5.52. The van der Waals surface area contributed by atoms with Gasteiger partial charge in [0.15, 0.2) is 5.82 Å². The smallest absolute Gasteiger partial charge is 0.167 e. The highest BCUT2D eigenvalue weighted by molar-refractivity contribution is 7.13. The van der Waals surface area contributed by atoms with Crippen LogP contribution in [0.1, 0.15) is 11.1 Å². The Kier molecular flexibility index (Phi) is 3.25. The molecule has 0 unspecified atom stereocenters. The Morgan fingerprint density at radius 2 is 1.89 bits per heavy atom. The first kappa shape index (κ1) is 11.9. The van der Waals surface area contributed by atoms with Crippen molar-refractivity contribution in [3.8, 4) is 0 Å². The summed E-state index contributed by atoms with van der Waals surface area (Å²) in [6.45, 7) is 2.07. The third-order valence-corrected chi connectivity index (χ3v) is 3.67. The van der Waals surface area contributed by atoms with E-state index in [1.165, 1.54) is 17.1 Å². The fourth-order valence-corrected chi connectivity index (χ4v) is 2.52. The Morgan fingerprint density at radius 1 is 1.11 bits per heavy atom. The minimum Gasteiger partial charge on any atom is -0.260 e. The van der Waals surface area contributed by atoms with Crippen LogP contribution >= 0.6 is 11.5 Å². The van der Waals surface area contributed by atoms with Crippen molar-refractivity contribution < 1.29 is 0 Å². The molecule has 0 radical (unpaired) electrons. The minimum atomic E-state index is 0.809.